The number of anilines is 1. The van der Waals surface area contributed by atoms with E-state index in [2.05, 4.69) is 11.4 Å². The number of carbonyl (C=O) groups excluding carboxylic acids is 1. The van der Waals surface area contributed by atoms with Gasteiger partial charge in [-0.05, 0) is 44.1 Å². The molecule has 0 saturated heterocycles. The number of rotatable bonds is 2. The van der Waals surface area contributed by atoms with E-state index in [9.17, 15) is 10.1 Å². The molecule has 3 rings (SSSR count). The Morgan fingerprint density at radius 1 is 1.42 bits per heavy atom. The lowest BCUT2D eigenvalue weighted by molar-refractivity contribution is -0.119. The van der Waals surface area contributed by atoms with Gasteiger partial charge in [0.2, 0.25) is 5.91 Å². The zero-order valence-electron chi connectivity index (χ0n) is 10.7. The fourth-order valence-corrected chi connectivity index (χ4v) is 4.32. The van der Waals surface area contributed by atoms with Crippen LogP contribution in [-0.2, 0) is 17.6 Å². The number of thiophene rings is 1. The second-order valence-corrected chi connectivity index (χ2v) is 6.54. The van der Waals surface area contributed by atoms with Crippen molar-refractivity contribution in [2.45, 2.75) is 44.6 Å². The highest BCUT2D eigenvalue weighted by Crippen LogP contribution is 2.39. The molecule has 0 spiro atoms. The Morgan fingerprint density at radius 3 is 2.95 bits per heavy atom. The maximum atomic E-state index is 12.2. The molecule has 19 heavy (non-hydrogen) atoms. The van der Waals surface area contributed by atoms with E-state index in [1.807, 2.05) is 0 Å². The van der Waals surface area contributed by atoms with Gasteiger partial charge in [0.25, 0.3) is 0 Å². The Labute approximate surface area is 116 Å². The summed E-state index contributed by atoms with van der Waals surface area (Å²) in [6, 6.07) is 2.40. The van der Waals surface area contributed by atoms with Gasteiger partial charge in [-0.25, -0.2) is 0 Å². The predicted molar refractivity (Wildman–Crippen MR) is 75.0 cm³/mol. The molecule has 1 amide bonds. The van der Waals surface area contributed by atoms with E-state index in [-0.39, 0.29) is 17.9 Å². The standard InChI is InChI=1S/C14H17N3OS/c15-7-11-10-2-1-3-12(10)19-14(11)17-13(18)8-4-5-9(16)6-8/h8-9H,1-6,16H2,(H,17,18). The molecule has 3 N–H and O–H groups in total. The van der Waals surface area contributed by atoms with E-state index >= 15 is 0 Å². The minimum absolute atomic E-state index is 0.0125. The van der Waals surface area contributed by atoms with Crippen molar-refractivity contribution in [3.8, 4) is 6.07 Å². The first kappa shape index (κ1) is 12.6. The quantitative estimate of drug-likeness (QED) is 0.868. The molecule has 2 atom stereocenters. The number of nitriles is 1. The van der Waals surface area contributed by atoms with Crippen LogP contribution in [-0.4, -0.2) is 11.9 Å². The van der Waals surface area contributed by atoms with E-state index in [1.165, 1.54) is 4.88 Å². The van der Waals surface area contributed by atoms with Crippen LogP contribution in [0.15, 0.2) is 0 Å². The maximum absolute atomic E-state index is 12.2. The van der Waals surface area contributed by atoms with Crippen LogP contribution in [0.4, 0.5) is 5.00 Å². The molecule has 4 nitrogen and oxygen atoms in total. The molecule has 0 aromatic carbocycles. The molecular formula is C14H17N3OS. The summed E-state index contributed by atoms with van der Waals surface area (Å²) >= 11 is 1.58. The van der Waals surface area contributed by atoms with Gasteiger partial charge in [-0.15, -0.1) is 11.3 Å². The van der Waals surface area contributed by atoms with Gasteiger partial charge >= 0.3 is 0 Å². The Balaban J connectivity index is 1.77. The maximum Gasteiger partial charge on any atom is 0.228 e. The van der Waals surface area contributed by atoms with E-state index < -0.39 is 0 Å². The van der Waals surface area contributed by atoms with Crippen LogP contribution in [0.1, 0.15) is 41.7 Å². The lowest BCUT2D eigenvalue weighted by atomic mass is 10.1. The van der Waals surface area contributed by atoms with Crippen LogP contribution in [0.5, 0.6) is 0 Å². The van der Waals surface area contributed by atoms with Gasteiger partial charge in [0.1, 0.15) is 11.1 Å². The molecule has 100 valence electrons. The van der Waals surface area contributed by atoms with Gasteiger partial charge < -0.3 is 11.1 Å². The number of nitrogens with two attached hydrogens (primary N) is 1. The summed E-state index contributed by atoms with van der Waals surface area (Å²) in [7, 11) is 0. The summed E-state index contributed by atoms with van der Waals surface area (Å²) in [4.78, 5) is 13.5. The smallest absolute Gasteiger partial charge is 0.228 e. The average molecular weight is 275 g/mol. The summed E-state index contributed by atoms with van der Waals surface area (Å²) in [5.74, 6) is 0.0443. The van der Waals surface area contributed by atoms with Crippen LogP contribution in [0.25, 0.3) is 0 Å². The molecule has 5 heteroatoms. The lowest BCUT2D eigenvalue weighted by Gasteiger charge is -2.09. The number of nitrogens with one attached hydrogen (secondary N) is 1. The van der Waals surface area contributed by atoms with Gasteiger partial charge in [-0.3, -0.25) is 4.79 Å². The third-order valence-electron chi connectivity index (χ3n) is 4.11. The molecular weight excluding hydrogens is 258 g/mol. The van der Waals surface area contributed by atoms with Gasteiger partial charge in [0.15, 0.2) is 0 Å². The van der Waals surface area contributed by atoms with Crippen molar-refractivity contribution in [3.05, 3.63) is 16.0 Å². The number of carbonyl (C=O) groups is 1. The van der Waals surface area contributed by atoms with E-state index in [1.54, 1.807) is 11.3 Å². The molecule has 1 heterocycles. The number of nitrogens with zero attached hydrogens (tertiary/aromatic N) is 1. The first-order valence-corrected chi connectivity index (χ1v) is 7.61. The SMILES string of the molecule is N#Cc1c(NC(=O)C2CCC(N)C2)sc2c1CCC2. The van der Waals surface area contributed by atoms with E-state index in [4.69, 9.17) is 5.73 Å². The molecule has 2 unspecified atom stereocenters. The molecule has 0 bridgehead atoms. The summed E-state index contributed by atoms with van der Waals surface area (Å²) in [5, 5.41) is 13.0. The van der Waals surface area contributed by atoms with Crippen LogP contribution in [0.3, 0.4) is 0 Å². The van der Waals surface area contributed by atoms with Crippen molar-refractivity contribution in [3.63, 3.8) is 0 Å². The molecule has 2 aliphatic rings. The first-order chi connectivity index (χ1) is 9.19. The zero-order chi connectivity index (χ0) is 13.4. The molecule has 1 aromatic rings. The summed E-state index contributed by atoms with van der Waals surface area (Å²) in [6.45, 7) is 0. The Bertz CT molecular complexity index is 558. The summed E-state index contributed by atoms with van der Waals surface area (Å²) in [6.07, 6.45) is 5.68. The number of amides is 1. The zero-order valence-corrected chi connectivity index (χ0v) is 11.6. The molecule has 0 aliphatic heterocycles. The van der Waals surface area contributed by atoms with Crippen LogP contribution in [0.2, 0.25) is 0 Å². The summed E-state index contributed by atoms with van der Waals surface area (Å²) in [5.41, 5.74) is 7.69. The van der Waals surface area contributed by atoms with E-state index in [0.29, 0.717) is 5.56 Å². The fraction of sp³-hybridized carbons (Fsp3) is 0.571. The van der Waals surface area contributed by atoms with Gasteiger partial charge in [-0.2, -0.15) is 5.26 Å². The average Bonchev–Trinajstić information content (AvgIpc) is 3.04. The van der Waals surface area contributed by atoms with E-state index in [0.717, 1.165) is 49.1 Å². The lowest BCUT2D eigenvalue weighted by Crippen LogP contribution is -2.23. The molecule has 1 aromatic heterocycles. The molecule has 0 radical (unpaired) electrons. The fourth-order valence-electron chi connectivity index (χ4n) is 3.08. The highest BCUT2D eigenvalue weighted by atomic mass is 32.1. The van der Waals surface area contributed by atoms with Crippen molar-refractivity contribution in [2.75, 3.05) is 5.32 Å². The van der Waals surface area contributed by atoms with Crippen LogP contribution >= 0.6 is 11.3 Å². The molecule has 1 fully saturated rings. The van der Waals surface area contributed by atoms with Crippen LogP contribution in [0, 0.1) is 17.2 Å². The number of hydrogen-bond acceptors (Lipinski definition) is 4. The van der Waals surface area contributed by atoms with Crippen LogP contribution < -0.4 is 11.1 Å². The Kier molecular flexibility index (Phi) is 3.29. The molecule has 2 aliphatic carbocycles. The van der Waals surface area contributed by atoms with Crippen molar-refractivity contribution < 1.29 is 4.79 Å². The topological polar surface area (TPSA) is 78.9 Å². The second-order valence-electron chi connectivity index (χ2n) is 5.43. The van der Waals surface area contributed by atoms with Crippen molar-refractivity contribution >= 4 is 22.2 Å². The number of hydrogen-bond donors (Lipinski definition) is 2. The number of aryl methyl sites for hydroxylation is 1. The second kappa shape index (κ2) is 4.95. The normalized spacial score (nSPS) is 25.1. The van der Waals surface area contributed by atoms with Crippen molar-refractivity contribution in [2.24, 2.45) is 11.7 Å². The summed E-state index contributed by atoms with van der Waals surface area (Å²) < 4.78 is 0. The van der Waals surface area contributed by atoms with Crippen molar-refractivity contribution in [1.82, 2.24) is 0 Å². The first-order valence-electron chi connectivity index (χ1n) is 6.80. The van der Waals surface area contributed by atoms with Crippen molar-refractivity contribution in [1.29, 1.82) is 5.26 Å². The Morgan fingerprint density at radius 2 is 2.26 bits per heavy atom. The third kappa shape index (κ3) is 2.26. The number of fused-ring (bicyclic) bond motifs is 1. The third-order valence-corrected chi connectivity index (χ3v) is 5.32. The highest BCUT2D eigenvalue weighted by molar-refractivity contribution is 7.16. The van der Waals surface area contributed by atoms with Gasteiger partial charge in [0, 0.05) is 16.8 Å². The highest BCUT2D eigenvalue weighted by Gasteiger charge is 2.29. The predicted octanol–water partition coefficient (Wildman–Crippen LogP) is 2.17. The van der Waals surface area contributed by atoms with Gasteiger partial charge in [0.05, 0.1) is 5.56 Å². The monoisotopic (exact) mass is 275 g/mol. The van der Waals surface area contributed by atoms with Gasteiger partial charge in [-0.1, -0.05) is 0 Å². The largest absolute Gasteiger partial charge is 0.328 e. The minimum Gasteiger partial charge on any atom is -0.328 e. The Hall–Kier alpha value is -1.38. The molecule has 1 saturated carbocycles. The minimum atomic E-state index is 0.0125.